The fourth-order valence-corrected chi connectivity index (χ4v) is 4.02. The first-order valence-corrected chi connectivity index (χ1v) is 11.2. The maximum atomic E-state index is 15.1. The van der Waals surface area contributed by atoms with Crippen LogP contribution in [0.3, 0.4) is 0 Å². The second-order valence-electron chi connectivity index (χ2n) is 8.43. The van der Waals surface area contributed by atoms with Crippen LogP contribution in [0.4, 0.5) is 4.39 Å². The van der Waals surface area contributed by atoms with Crippen LogP contribution in [0.1, 0.15) is 28.5 Å². The lowest BCUT2D eigenvalue weighted by molar-refractivity contribution is 0.108. The summed E-state index contributed by atoms with van der Waals surface area (Å²) in [4.78, 5) is 9.49. The van der Waals surface area contributed by atoms with Crippen LogP contribution in [0.15, 0.2) is 27.2 Å². The summed E-state index contributed by atoms with van der Waals surface area (Å²) < 4.78 is 31.5. The lowest BCUT2D eigenvalue weighted by atomic mass is 9.99. The van der Waals surface area contributed by atoms with E-state index in [1.165, 1.54) is 18.2 Å². The fourth-order valence-electron chi connectivity index (χ4n) is 4.02. The van der Waals surface area contributed by atoms with Gasteiger partial charge in [0.05, 0.1) is 39.5 Å². The summed E-state index contributed by atoms with van der Waals surface area (Å²) in [5.74, 6) is 1.23. The number of aromatic nitrogens is 4. The van der Waals surface area contributed by atoms with E-state index in [1.807, 2.05) is 20.8 Å². The number of benzene rings is 1. The van der Waals surface area contributed by atoms with Gasteiger partial charge in [-0.3, -0.25) is 0 Å². The Balaban J connectivity index is 1.89. The Bertz CT molecular complexity index is 1260. The van der Waals surface area contributed by atoms with Gasteiger partial charge in [0.1, 0.15) is 35.8 Å². The van der Waals surface area contributed by atoms with Gasteiger partial charge in [-0.1, -0.05) is 10.3 Å². The van der Waals surface area contributed by atoms with E-state index < -0.39 is 11.9 Å². The van der Waals surface area contributed by atoms with Gasteiger partial charge in [-0.2, -0.15) is 0 Å². The highest BCUT2D eigenvalue weighted by atomic mass is 19.1. The van der Waals surface area contributed by atoms with Crippen molar-refractivity contribution < 1.29 is 23.3 Å². The molecule has 0 aliphatic rings. The number of rotatable bonds is 8. The topological polar surface area (TPSA) is 119 Å². The first-order chi connectivity index (χ1) is 16.7. The quantitative estimate of drug-likeness (QED) is 0.383. The van der Waals surface area contributed by atoms with Gasteiger partial charge in [0.2, 0.25) is 0 Å². The molecule has 0 fully saturated rings. The Labute approximate surface area is 202 Å². The maximum absolute atomic E-state index is 15.1. The van der Waals surface area contributed by atoms with Gasteiger partial charge in [0.25, 0.3) is 0 Å². The Morgan fingerprint density at radius 3 is 2.03 bits per heavy atom. The van der Waals surface area contributed by atoms with E-state index in [-0.39, 0.29) is 18.0 Å². The van der Waals surface area contributed by atoms with E-state index >= 15 is 4.39 Å². The van der Waals surface area contributed by atoms with Gasteiger partial charge in [0.15, 0.2) is 5.82 Å². The molecule has 0 saturated carbocycles. The van der Waals surface area contributed by atoms with Crippen LogP contribution < -0.4 is 10.1 Å². The standard InChI is InChI=1S/C25H28FN5O4/c1-12-23(21-13(2)30-34-15(21)4)28-25(29-24(12)22-14(3)31-35-16(22)5)19-9-18(7-8-20(19)26)33-11-17(32)10-27-6/h7-9,17,27,32H,10-11H2,1-6H3. The summed E-state index contributed by atoms with van der Waals surface area (Å²) in [6.07, 6.45) is -0.707. The molecule has 0 spiro atoms. The molecule has 184 valence electrons. The van der Waals surface area contributed by atoms with Crippen LogP contribution >= 0.6 is 0 Å². The predicted octanol–water partition coefficient (Wildman–Crippen LogP) is 4.09. The van der Waals surface area contributed by atoms with Crippen molar-refractivity contribution in [1.29, 1.82) is 0 Å². The third-order valence-electron chi connectivity index (χ3n) is 5.75. The minimum absolute atomic E-state index is 0.0509. The second kappa shape index (κ2) is 9.93. The van der Waals surface area contributed by atoms with Gasteiger partial charge in [0, 0.05) is 12.1 Å². The number of hydrogen-bond acceptors (Lipinski definition) is 9. The Kier molecular flexibility index (Phi) is 6.95. The van der Waals surface area contributed by atoms with Crippen LogP contribution in [0.5, 0.6) is 5.75 Å². The Morgan fingerprint density at radius 1 is 0.971 bits per heavy atom. The molecule has 10 heteroatoms. The Hall–Kier alpha value is -3.63. The molecule has 0 amide bonds. The molecule has 0 saturated heterocycles. The molecule has 0 radical (unpaired) electrons. The van der Waals surface area contributed by atoms with Crippen molar-refractivity contribution in [1.82, 2.24) is 25.6 Å². The molecule has 1 unspecified atom stereocenters. The lowest BCUT2D eigenvalue weighted by Gasteiger charge is -2.15. The third-order valence-corrected chi connectivity index (χ3v) is 5.75. The predicted molar refractivity (Wildman–Crippen MR) is 128 cm³/mol. The maximum Gasteiger partial charge on any atom is 0.163 e. The van der Waals surface area contributed by atoms with Crippen molar-refractivity contribution >= 4 is 0 Å². The molecular weight excluding hydrogens is 453 g/mol. The molecule has 35 heavy (non-hydrogen) atoms. The van der Waals surface area contributed by atoms with Crippen molar-refractivity contribution in [3.05, 3.63) is 52.5 Å². The summed E-state index contributed by atoms with van der Waals surface area (Å²) in [6, 6.07) is 4.33. The fraction of sp³-hybridized carbons (Fsp3) is 0.360. The zero-order valence-corrected chi connectivity index (χ0v) is 20.6. The molecule has 2 N–H and O–H groups in total. The summed E-state index contributed by atoms with van der Waals surface area (Å²) in [5.41, 5.74) is 4.86. The normalized spacial score (nSPS) is 12.2. The number of ether oxygens (including phenoxy) is 1. The molecule has 9 nitrogen and oxygen atoms in total. The molecule has 3 aromatic heterocycles. The average Bonchev–Trinajstić information content (AvgIpc) is 3.34. The third kappa shape index (κ3) is 4.80. The van der Waals surface area contributed by atoms with Crippen molar-refractivity contribution in [3.63, 3.8) is 0 Å². The molecule has 4 rings (SSSR count). The minimum atomic E-state index is -0.707. The van der Waals surface area contributed by atoms with Crippen LogP contribution in [0, 0.1) is 40.4 Å². The van der Waals surface area contributed by atoms with Gasteiger partial charge in [-0.15, -0.1) is 0 Å². The first-order valence-electron chi connectivity index (χ1n) is 11.2. The van der Waals surface area contributed by atoms with Gasteiger partial charge in [-0.25, -0.2) is 14.4 Å². The second-order valence-corrected chi connectivity index (χ2v) is 8.43. The summed E-state index contributed by atoms with van der Waals surface area (Å²) >= 11 is 0. The molecule has 0 aliphatic heterocycles. The van der Waals surface area contributed by atoms with Gasteiger partial charge in [-0.05, 0) is 59.9 Å². The van der Waals surface area contributed by atoms with Crippen LogP contribution in [0.25, 0.3) is 33.9 Å². The summed E-state index contributed by atoms with van der Waals surface area (Å²) in [6.45, 7) is 9.58. The molecule has 1 atom stereocenters. The molecule has 0 aliphatic carbocycles. The smallest absolute Gasteiger partial charge is 0.163 e. The van der Waals surface area contributed by atoms with E-state index in [2.05, 4.69) is 15.6 Å². The highest BCUT2D eigenvalue weighted by Gasteiger charge is 2.25. The van der Waals surface area contributed by atoms with Crippen LogP contribution in [0.2, 0.25) is 0 Å². The zero-order valence-electron chi connectivity index (χ0n) is 20.6. The molecule has 4 aromatic rings. The molecule has 1 aromatic carbocycles. The van der Waals surface area contributed by atoms with Crippen LogP contribution in [-0.2, 0) is 0 Å². The van der Waals surface area contributed by atoms with E-state index in [1.54, 1.807) is 20.9 Å². The van der Waals surface area contributed by atoms with E-state index in [9.17, 15) is 5.11 Å². The summed E-state index contributed by atoms with van der Waals surface area (Å²) in [7, 11) is 1.74. The Morgan fingerprint density at radius 2 is 1.54 bits per heavy atom. The van der Waals surface area contributed by atoms with E-state index in [4.69, 9.17) is 23.8 Å². The average molecular weight is 482 g/mol. The highest BCUT2D eigenvalue weighted by Crippen LogP contribution is 2.37. The highest BCUT2D eigenvalue weighted by molar-refractivity contribution is 5.79. The first kappa shape index (κ1) is 24.5. The van der Waals surface area contributed by atoms with Crippen molar-refractivity contribution in [2.24, 2.45) is 0 Å². The number of nitrogens with one attached hydrogen (secondary N) is 1. The SMILES string of the molecule is CNCC(O)COc1ccc(F)c(-c2nc(-c3c(C)noc3C)c(C)c(-c3c(C)noc3C)n2)c1. The zero-order chi connectivity index (χ0) is 25.3. The van der Waals surface area contributed by atoms with Gasteiger partial charge >= 0.3 is 0 Å². The van der Waals surface area contributed by atoms with Gasteiger partial charge < -0.3 is 24.2 Å². The monoisotopic (exact) mass is 481 g/mol. The van der Waals surface area contributed by atoms with Crippen molar-refractivity contribution in [2.75, 3.05) is 20.2 Å². The number of likely N-dealkylation sites (N-methyl/N-ethyl adjacent to an activating group) is 1. The number of aryl methyl sites for hydroxylation is 4. The van der Waals surface area contributed by atoms with Crippen molar-refractivity contribution in [2.45, 2.75) is 40.7 Å². The molecular formula is C25H28FN5O4. The number of hydrogen-bond donors (Lipinski definition) is 2. The number of aliphatic hydroxyl groups excluding tert-OH is 1. The largest absolute Gasteiger partial charge is 0.491 e. The molecule has 0 bridgehead atoms. The molecule has 3 heterocycles. The minimum Gasteiger partial charge on any atom is -0.491 e. The van der Waals surface area contributed by atoms with E-state index in [0.717, 1.165) is 16.7 Å². The number of aliphatic hydroxyl groups is 1. The number of halogens is 1. The van der Waals surface area contributed by atoms with E-state index in [0.29, 0.717) is 46.6 Å². The van der Waals surface area contributed by atoms with Crippen LogP contribution in [-0.4, -0.2) is 51.7 Å². The van der Waals surface area contributed by atoms with Crippen molar-refractivity contribution in [3.8, 4) is 39.7 Å². The number of nitrogens with zero attached hydrogens (tertiary/aromatic N) is 4. The lowest BCUT2D eigenvalue weighted by Crippen LogP contribution is -2.29. The summed E-state index contributed by atoms with van der Waals surface area (Å²) in [5, 5.41) is 21.0.